The third kappa shape index (κ3) is 4.73. The molecule has 3 rings (SSSR count). The molecule has 2 aromatic carbocycles. The third-order valence-electron chi connectivity index (χ3n) is 5.29. The summed E-state index contributed by atoms with van der Waals surface area (Å²) in [5.74, 6) is 0.395. The lowest BCUT2D eigenvalue weighted by Crippen LogP contribution is -2.21. The van der Waals surface area contributed by atoms with Gasteiger partial charge in [0.2, 0.25) is 0 Å². The van der Waals surface area contributed by atoms with Gasteiger partial charge in [0.25, 0.3) is 0 Å². The first-order valence-corrected chi connectivity index (χ1v) is 9.98. The highest BCUT2D eigenvalue weighted by Gasteiger charge is 2.33. The Bertz CT molecular complexity index is 925. The van der Waals surface area contributed by atoms with Gasteiger partial charge in [0.05, 0.1) is 6.42 Å². The summed E-state index contributed by atoms with van der Waals surface area (Å²) >= 11 is 0. The van der Waals surface area contributed by atoms with Crippen LogP contribution in [0.15, 0.2) is 42.0 Å². The molecule has 154 valence electrons. The van der Waals surface area contributed by atoms with Crippen molar-refractivity contribution < 1.29 is 24.9 Å². The molecular formula is C24H28O5. The predicted octanol–water partition coefficient (Wildman–Crippen LogP) is 5.43. The molecule has 0 saturated carbocycles. The minimum atomic E-state index is -0.540. The average Bonchev–Trinajstić information content (AvgIpc) is 2.66. The molecule has 1 heterocycles. The van der Waals surface area contributed by atoms with Crippen LogP contribution in [0.25, 0.3) is 0 Å². The van der Waals surface area contributed by atoms with Gasteiger partial charge in [0.15, 0.2) is 5.78 Å². The van der Waals surface area contributed by atoms with Crippen LogP contribution in [-0.4, -0.2) is 21.1 Å². The van der Waals surface area contributed by atoms with E-state index in [0.29, 0.717) is 17.9 Å². The lowest BCUT2D eigenvalue weighted by Gasteiger charge is -2.28. The second-order valence-electron chi connectivity index (χ2n) is 8.11. The van der Waals surface area contributed by atoms with Crippen molar-refractivity contribution in [1.29, 1.82) is 0 Å². The van der Waals surface area contributed by atoms with E-state index < -0.39 is 6.10 Å². The topological polar surface area (TPSA) is 87.0 Å². The van der Waals surface area contributed by atoms with Gasteiger partial charge in [0.1, 0.15) is 34.7 Å². The molecule has 5 heteroatoms. The van der Waals surface area contributed by atoms with Crippen LogP contribution in [-0.2, 0) is 6.42 Å². The van der Waals surface area contributed by atoms with Crippen LogP contribution in [0.3, 0.4) is 0 Å². The third-order valence-corrected chi connectivity index (χ3v) is 5.29. The van der Waals surface area contributed by atoms with Crippen LogP contribution in [0.4, 0.5) is 0 Å². The Kier molecular flexibility index (Phi) is 6.16. The molecule has 0 amide bonds. The number of hydrogen-bond donors (Lipinski definition) is 3. The van der Waals surface area contributed by atoms with Crippen LogP contribution >= 0.6 is 0 Å². The van der Waals surface area contributed by atoms with Crippen molar-refractivity contribution in [3.63, 3.8) is 0 Å². The summed E-state index contributed by atoms with van der Waals surface area (Å²) in [5, 5.41) is 30.2. The van der Waals surface area contributed by atoms with Gasteiger partial charge in [-0.3, -0.25) is 4.79 Å². The Morgan fingerprint density at radius 3 is 2.52 bits per heavy atom. The van der Waals surface area contributed by atoms with Gasteiger partial charge in [0, 0.05) is 11.6 Å². The Morgan fingerprint density at radius 2 is 1.86 bits per heavy atom. The predicted molar refractivity (Wildman–Crippen MR) is 112 cm³/mol. The molecule has 0 spiro atoms. The van der Waals surface area contributed by atoms with Gasteiger partial charge in [-0.05, 0) is 49.8 Å². The highest BCUT2D eigenvalue weighted by molar-refractivity contribution is 6.03. The van der Waals surface area contributed by atoms with Crippen molar-refractivity contribution in [2.75, 3.05) is 0 Å². The summed E-state index contributed by atoms with van der Waals surface area (Å²) in [6, 6.07) is 7.71. The number of carbonyl (C=O) groups is 1. The van der Waals surface area contributed by atoms with Gasteiger partial charge in [-0.15, -0.1) is 0 Å². The molecule has 29 heavy (non-hydrogen) atoms. The van der Waals surface area contributed by atoms with Crippen molar-refractivity contribution in [2.45, 2.75) is 52.6 Å². The number of rotatable bonds is 6. The number of ketones is 1. The van der Waals surface area contributed by atoms with Gasteiger partial charge >= 0.3 is 0 Å². The molecule has 5 nitrogen and oxygen atoms in total. The molecule has 0 aliphatic carbocycles. The Labute approximate surface area is 171 Å². The van der Waals surface area contributed by atoms with E-state index >= 15 is 0 Å². The van der Waals surface area contributed by atoms with Crippen LogP contribution in [0.5, 0.6) is 23.0 Å². The fraction of sp³-hybridized carbons (Fsp3) is 0.375. The lowest BCUT2D eigenvalue weighted by molar-refractivity contribution is 0.0842. The first kappa shape index (κ1) is 20.8. The molecule has 1 unspecified atom stereocenters. The Hall–Kier alpha value is -2.95. The average molecular weight is 396 g/mol. The SMILES string of the molecule is C/C(=C/Cc1c(O)cc(O)c2c1OC(c1ccc(O)cc1)CC2=O)CCC(C)C. The molecule has 1 aliphatic heterocycles. The standard InChI is InChI=1S/C24H28O5/c1-14(2)4-5-15(3)6-11-18-19(26)12-20(27)23-21(28)13-22(29-24(18)23)16-7-9-17(25)10-8-16/h6-10,12,14,22,25-27H,4-5,11,13H2,1-3H3/b15-6-. The van der Waals surface area contributed by atoms with E-state index in [9.17, 15) is 20.1 Å². The monoisotopic (exact) mass is 396 g/mol. The van der Waals surface area contributed by atoms with Crippen LogP contribution in [0, 0.1) is 5.92 Å². The van der Waals surface area contributed by atoms with Gasteiger partial charge in [-0.1, -0.05) is 37.6 Å². The van der Waals surface area contributed by atoms with Crippen LogP contribution < -0.4 is 4.74 Å². The smallest absolute Gasteiger partial charge is 0.174 e. The second kappa shape index (κ2) is 8.60. The highest BCUT2D eigenvalue weighted by atomic mass is 16.5. The van der Waals surface area contributed by atoms with Gasteiger partial charge in [-0.2, -0.15) is 0 Å². The summed E-state index contributed by atoms with van der Waals surface area (Å²) < 4.78 is 6.10. The number of Topliss-reactive ketones (excluding diaryl/α,β-unsaturated/α-hetero) is 1. The maximum atomic E-state index is 12.7. The summed E-state index contributed by atoms with van der Waals surface area (Å²) in [7, 11) is 0. The van der Waals surface area contributed by atoms with Crippen LogP contribution in [0.1, 0.15) is 67.6 Å². The van der Waals surface area contributed by atoms with Crippen molar-refractivity contribution in [3.8, 4) is 23.0 Å². The van der Waals surface area contributed by atoms with E-state index in [4.69, 9.17) is 4.74 Å². The van der Waals surface area contributed by atoms with Crippen molar-refractivity contribution in [3.05, 3.63) is 58.7 Å². The van der Waals surface area contributed by atoms with Crippen molar-refractivity contribution in [2.24, 2.45) is 5.92 Å². The molecule has 3 N–H and O–H groups in total. The number of hydrogen-bond acceptors (Lipinski definition) is 5. The lowest BCUT2D eigenvalue weighted by atomic mass is 9.92. The zero-order valence-electron chi connectivity index (χ0n) is 17.1. The number of allylic oxidation sites excluding steroid dienone is 2. The molecule has 0 saturated heterocycles. The Morgan fingerprint density at radius 1 is 1.17 bits per heavy atom. The van der Waals surface area contributed by atoms with Crippen LogP contribution in [0.2, 0.25) is 0 Å². The number of carbonyl (C=O) groups excluding carboxylic acids is 1. The summed E-state index contributed by atoms with van der Waals surface area (Å²) in [6.07, 6.45) is 4.04. The molecule has 2 aromatic rings. The maximum Gasteiger partial charge on any atom is 0.174 e. The van der Waals surface area contributed by atoms with Gasteiger partial charge < -0.3 is 20.1 Å². The largest absolute Gasteiger partial charge is 0.508 e. The number of ether oxygens (including phenoxy) is 1. The zero-order valence-corrected chi connectivity index (χ0v) is 17.1. The first-order chi connectivity index (χ1) is 13.8. The number of aromatic hydroxyl groups is 3. The van der Waals surface area contributed by atoms with Gasteiger partial charge in [-0.25, -0.2) is 0 Å². The second-order valence-corrected chi connectivity index (χ2v) is 8.11. The molecule has 1 aliphatic rings. The Balaban J connectivity index is 1.94. The quantitative estimate of drug-likeness (QED) is 0.566. The maximum absolute atomic E-state index is 12.7. The summed E-state index contributed by atoms with van der Waals surface area (Å²) in [5.41, 5.74) is 2.58. The van der Waals surface area contributed by atoms with E-state index in [1.165, 1.54) is 11.6 Å². The van der Waals surface area contributed by atoms with E-state index in [-0.39, 0.29) is 40.8 Å². The summed E-state index contributed by atoms with van der Waals surface area (Å²) in [6.45, 7) is 6.41. The zero-order chi connectivity index (χ0) is 21.1. The molecule has 0 aromatic heterocycles. The number of benzene rings is 2. The normalized spacial score (nSPS) is 16.6. The molecule has 0 bridgehead atoms. The van der Waals surface area contributed by atoms with E-state index in [1.54, 1.807) is 24.3 Å². The molecule has 0 fully saturated rings. The fourth-order valence-electron chi connectivity index (χ4n) is 3.49. The van der Waals surface area contributed by atoms with E-state index in [1.807, 2.05) is 6.08 Å². The van der Waals surface area contributed by atoms with E-state index in [0.717, 1.165) is 18.4 Å². The first-order valence-electron chi connectivity index (χ1n) is 9.98. The van der Waals surface area contributed by atoms with E-state index in [2.05, 4.69) is 20.8 Å². The number of fused-ring (bicyclic) bond motifs is 1. The minimum Gasteiger partial charge on any atom is -0.508 e. The van der Waals surface area contributed by atoms with Crippen molar-refractivity contribution in [1.82, 2.24) is 0 Å². The minimum absolute atomic E-state index is 0.0821. The van der Waals surface area contributed by atoms with Crippen molar-refractivity contribution >= 4 is 5.78 Å². The fourth-order valence-corrected chi connectivity index (χ4v) is 3.49. The number of phenolic OH excluding ortho intramolecular Hbond substituents is 3. The molecular weight excluding hydrogens is 368 g/mol. The summed E-state index contributed by atoms with van der Waals surface area (Å²) in [4.78, 5) is 12.7. The number of phenols is 3. The molecule has 0 radical (unpaired) electrons. The molecule has 1 atom stereocenters. The highest BCUT2D eigenvalue weighted by Crippen LogP contribution is 2.45.